The van der Waals surface area contributed by atoms with Gasteiger partial charge in [-0.05, 0) is 49.9 Å². The van der Waals surface area contributed by atoms with Crippen molar-refractivity contribution in [1.82, 2.24) is 16.0 Å². The molecule has 0 aliphatic rings. The zero-order valence-electron chi connectivity index (χ0n) is 19.2. The molecule has 3 unspecified atom stereocenters. The normalized spacial score (nSPS) is 13.2. The first kappa shape index (κ1) is 29.3. The molecule has 3 amide bonds. The average Bonchev–Trinajstić information content (AvgIpc) is 2.81. The van der Waals surface area contributed by atoms with Crippen molar-refractivity contribution in [2.45, 2.75) is 56.7 Å². The Bertz CT molecular complexity index is 877. The minimum atomic E-state index is -1.38. The molecule has 0 fully saturated rings. The van der Waals surface area contributed by atoms with E-state index < -0.39 is 54.2 Å². The van der Waals surface area contributed by atoms with Crippen LogP contribution in [-0.2, 0) is 30.4 Å². The van der Waals surface area contributed by atoms with Crippen molar-refractivity contribution in [3.63, 3.8) is 0 Å². The molecule has 0 aliphatic heterocycles. The summed E-state index contributed by atoms with van der Waals surface area (Å²) in [5, 5.41) is 35.1. The molecule has 0 bridgehead atoms. The standard InChI is InChI=1S/C22H33N5O8/c23-10-2-1-3-15(25-18(29)12-24)20(32)26-16(8-9-19(30)31)21(33)27-17(22(34)35)11-13-4-6-14(28)7-5-13/h4-7,15-17,28H,1-3,8-12,23-24H2,(H,25,29)(H,26,32)(H,27,33)(H,30,31)(H,34,35). The fourth-order valence-electron chi connectivity index (χ4n) is 3.16. The summed E-state index contributed by atoms with van der Waals surface area (Å²) in [4.78, 5) is 60.2. The molecule has 0 aliphatic carbocycles. The summed E-state index contributed by atoms with van der Waals surface area (Å²) in [6, 6.07) is 1.93. The van der Waals surface area contributed by atoms with Gasteiger partial charge >= 0.3 is 11.9 Å². The summed E-state index contributed by atoms with van der Waals surface area (Å²) in [5.74, 6) is -4.79. The number of amides is 3. The third kappa shape index (κ3) is 11.3. The van der Waals surface area contributed by atoms with Gasteiger partial charge in [-0.3, -0.25) is 19.2 Å². The van der Waals surface area contributed by atoms with Gasteiger partial charge in [-0.25, -0.2) is 4.79 Å². The van der Waals surface area contributed by atoms with Crippen LogP contribution in [0.3, 0.4) is 0 Å². The number of carboxylic acid groups (broad SMARTS) is 2. The number of aliphatic carboxylic acids is 2. The number of aromatic hydroxyl groups is 1. The van der Waals surface area contributed by atoms with Gasteiger partial charge < -0.3 is 42.7 Å². The van der Waals surface area contributed by atoms with Crippen LogP contribution < -0.4 is 27.4 Å². The Morgan fingerprint density at radius 3 is 1.89 bits per heavy atom. The second-order valence-corrected chi connectivity index (χ2v) is 7.87. The number of rotatable bonds is 16. The quantitative estimate of drug-likeness (QED) is 0.123. The number of hydrogen-bond donors (Lipinski definition) is 8. The van der Waals surface area contributed by atoms with Gasteiger partial charge in [0.1, 0.15) is 23.9 Å². The second-order valence-electron chi connectivity index (χ2n) is 7.87. The van der Waals surface area contributed by atoms with E-state index in [1.54, 1.807) is 0 Å². The lowest BCUT2D eigenvalue weighted by atomic mass is 10.0. The van der Waals surface area contributed by atoms with Gasteiger partial charge in [0, 0.05) is 12.8 Å². The van der Waals surface area contributed by atoms with Crippen LogP contribution in [0.1, 0.15) is 37.7 Å². The molecule has 1 aromatic carbocycles. The summed E-state index contributed by atoms with van der Waals surface area (Å²) in [7, 11) is 0. The van der Waals surface area contributed by atoms with Crippen molar-refractivity contribution in [3.05, 3.63) is 29.8 Å². The van der Waals surface area contributed by atoms with E-state index >= 15 is 0 Å². The number of benzene rings is 1. The maximum absolute atomic E-state index is 12.9. The zero-order chi connectivity index (χ0) is 26.4. The number of nitrogens with one attached hydrogen (secondary N) is 3. The van der Waals surface area contributed by atoms with E-state index in [0.29, 0.717) is 24.9 Å². The minimum Gasteiger partial charge on any atom is -0.508 e. The van der Waals surface area contributed by atoms with Gasteiger partial charge in [-0.1, -0.05) is 12.1 Å². The van der Waals surface area contributed by atoms with Gasteiger partial charge in [0.15, 0.2) is 0 Å². The summed E-state index contributed by atoms with van der Waals surface area (Å²) in [6.45, 7) is 0.0155. The Hall–Kier alpha value is -3.71. The summed E-state index contributed by atoms with van der Waals surface area (Å²) < 4.78 is 0. The van der Waals surface area contributed by atoms with Crippen LogP contribution in [0.5, 0.6) is 5.75 Å². The predicted molar refractivity (Wildman–Crippen MR) is 124 cm³/mol. The Morgan fingerprint density at radius 1 is 0.800 bits per heavy atom. The Balaban J connectivity index is 2.98. The molecular weight excluding hydrogens is 462 g/mol. The van der Waals surface area contributed by atoms with Crippen LogP contribution in [0.4, 0.5) is 0 Å². The molecule has 0 saturated heterocycles. The van der Waals surface area contributed by atoms with E-state index in [0.717, 1.165) is 0 Å². The molecule has 0 aromatic heterocycles. The van der Waals surface area contributed by atoms with Crippen LogP contribution in [0.15, 0.2) is 24.3 Å². The number of phenols is 1. The summed E-state index contributed by atoms with van der Waals surface area (Å²) in [5.41, 5.74) is 11.3. The fraction of sp³-hybridized carbons (Fsp3) is 0.500. The van der Waals surface area contributed by atoms with Gasteiger partial charge in [0.05, 0.1) is 6.54 Å². The smallest absolute Gasteiger partial charge is 0.326 e. The maximum Gasteiger partial charge on any atom is 0.326 e. The molecular formula is C22H33N5O8. The highest BCUT2D eigenvalue weighted by atomic mass is 16.4. The number of hydrogen-bond acceptors (Lipinski definition) is 8. The van der Waals surface area contributed by atoms with Crippen molar-refractivity contribution >= 4 is 29.7 Å². The van der Waals surface area contributed by atoms with E-state index in [2.05, 4.69) is 16.0 Å². The van der Waals surface area contributed by atoms with Gasteiger partial charge in [0.2, 0.25) is 17.7 Å². The minimum absolute atomic E-state index is 0.0103. The molecule has 13 heteroatoms. The zero-order valence-corrected chi connectivity index (χ0v) is 19.2. The molecule has 194 valence electrons. The van der Waals surface area contributed by atoms with Gasteiger partial charge in [0.25, 0.3) is 0 Å². The highest BCUT2D eigenvalue weighted by molar-refractivity contribution is 5.93. The van der Waals surface area contributed by atoms with E-state index in [4.69, 9.17) is 16.6 Å². The molecule has 0 radical (unpaired) electrons. The molecule has 13 nitrogen and oxygen atoms in total. The molecule has 1 aromatic rings. The van der Waals surface area contributed by atoms with E-state index in [1.807, 2.05) is 0 Å². The monoisotopic (exact) mass is 495 g/mol. The van der Waals surface area contributed by atoms with Crippen molar-refractivity contribution in [2.24, 2.45) is 11.5 Å². The molecule has 1 rings (SSSR count). The summed E-state index contributed by atoms with van der Waals surface area (Å²) >= 11 is 0. The van der Waals surface area contributed by atoms with E-state index in [1.165, 1.54) is 24.3 Å². The van der Waals surface area contributed by atoms with Crippen LogP contribution in [0, 0.1) is 0 Å². The third-order valence-corrected chi connectivity index (χ3v) is 5.05. The lowest BCUT2D eigenvalue weighted by Gasteiger charge is -2.24. The van der Waals surface area contributed by atoms with Crippen LogP contribution in [0.25, 0.3) is 0 Å². The lowest BCUT2D eigenvalue weighted by Crippen LogP contribution is -2.56. The van der Waals surface area contributed by atoms with Crippen molar-refractivity contribution in [1.29, 1.82) is 0 Å². The van der Waals surface area contributed by atoms with Crippen molar-refractivity contribution in [2.75, 3.05) is 13.1 Å². The third-order valence-electron chi connectivity index (χ3n) is 5.05. The molecule has 10 N–H and O–H groups in total. The van der Waals surface area contributed by atoms with E-state index in [9.17, 15) is 34.2 Å². The largest absolute Gasteiger partial charge is 0.508 e. The number of unbranched alkanes of at least 4 members (excludes halogenated alkanes) is 1. The first-order valence-corrected chi connectivity index (χ1v) is 11.1. The topological polar surface area (TPSA) is 234 Å². The number of phenolic OH excluding ortho intramolecular Hbond substituents is 1. The number of carboxylic acids is 2. The Kier molecular flexibility index (Phi) is 12.8. The van der Waals surface area contributed by atoms with Crippen LogP contribution >= 0.6 is 0 Å². The molecule has 0 spiro atoms. The lowest BCUT2D eigenvalue weighted by molar-refractivity contribution is -0.143. The average molecular weight is 496 g/mol. The van der Waals surface area contributed by atoms with Crippen LogP contribution in [-0.4, -0.2) is 76.2 Å². The molecule has 35 heavy (non-hydrogen) atoms. The SMILES string of the molecule is NCCCCC(NC(=O)CN)C(=O)NC(CCC(=O)O)C(=O)NC(Cc1ccc(O)cc1)C(=O)O. The van der Waals surface area contributed by atoms with Gasteiger partial charge in [-0.15, -0.1) is 0 Å². The number of nitrogens with two attached hydrogens (primary N) is 2. The first-order chi connectivity index (χ1) is 16.6. The number of carbonyl (C=O) groups excluding carboxylic acids is 3. The second kappa shape index (κ2) is 15.2. The number of carbonyl (C=O) groups is 5. The highest BCUT2D eigenvalue weighted by Gasteiger charge is 2.29. The molecule has 3 atom stereocenters. The van der Waals surface area contributed by atoms with Crippen LogP contribution in [0.2, 0.25) is 0 Å². The summed E-state index contributed by atoms with van der Waals surface area (Å²) in [6.07, 6.45) is 0.400. The predicted octanol–water partition coefficient (Wildman–Crippen LogP) is -1.57. The maximum atomic E-state index is 12.9. The Morgan fingerprint density at radius 2 is 1.37 bits per heavy atom. The Labute approximate surface area is 202 Å². The van der Waals surface area contributed by atoms with Crippen molar-refractivity contribution < 1.29 is 39.3 Å². The molecule has 0 heterocycles. The first-order valence-electron chi connectivity index (χ1n) is 11.1. The fourth-order valence-corrected chi connectivity index (χ4v) is 3.16. The molecule has 0 saturated carbocycles. The van der Waals surface area contributed by atoms with Crippen molar-refractivity contribution in [3.8, 4) is 5.75 Å². The van der Waals surface area contributed by atoms with E-state index in [-0.39, 0.29) is 31.6 Å². The highest BCUT2D eigenvalue weighted by Crippen LogP contribution is 2.12. The van der Waals surface area contributed by atoms with Gasteiger partial charge in [-0.2, -0.15) is 0 Å².